The van der Waals surface area contributed by atoms with Gasteiger partial charge in [0, 0.05) is 24.3 Å². The molecule has 0 aliphatic carbocycles. The van der Waals surface area contributed by atoms with E-state index in [9.17, 15) is 9.59 Å². The molecule has 114 valence electrons. The molecule has 8 heteroatoms. The van der Waals surface area contributed by atoms with Crippen molar-refractivity contribution in [3.8, 4) is 0 Å². The number of benzene rings is 1. The molecule has 3 N–H and O–H groups in total. The Hall–Kier alpha value is -2.90. The number of nitrogens with zero attached hydrogens (tertiary/aromatic N) is 3. The highest BCUT2D eigenvalue weighted by Gasteiger charge is 2.19. The Morgan fingerprint density at radius 1 is 1.41 bits per heavy atom. The summed E-state index contributed by atoms with van der Waals surface area (Å²) in [7, 11) is 0. The van der Waals surface area contributed by atoms with Gasteiger partial charge >= 0.3 is 6.03 Å². The number of carbonyl (C=O) groups is 2. The number of amides is 3. The molecule has 22 heavy (non-hydrogen) atoms. The smallest absolute Gasteiger partial charge is 0.321 e. The van der Waals surface area contributed by atoms with Crippen LogP contribution in [0.3, 0.4) is 0 Å². The van der Waals surface area contributed by atoms with Gasteiger partial charge in [0.1, 0.15) is 5.69 Å². The van der Waals surface area contributed by atoms with Crippen LogP contribution in [0.5, 0.6) is 0 Å². The van der Waals surface area contributed by atoms with Crippen LogP contribution in [0.4, 0.5) is 10.5 Å². The Bertz CT molecular complexity index is 670. The maximum atomic E-state index is 12.2. The molecule has 1 aromatic heterocycles. The Labute approximate surface area is 126 Å². The third kappa shape index (κ3) is 3.05. The Morgan fingerprint density at radius 2 is 2.32 bits per heavy atom. The minimum absolute atomic E-state index is 0.133. The summed E-state index contributed by atoms with van der Waals surface area (Å²) in [6, 6.07) is 6.88. The largest absolute Gasteiger partial charge is 0.346 e. The zero-order chi connectivity index (χ0) is 15.4. The van der Waals surface area contributed by atoms with E-state index in [2.05, 4.69) is 26.0 Å². The first-order valence-electron chi connectivity index (χ1n) is 7.02. The number of rotatable bonds is 4. The SMILES string of the molecule is O=C(NCc1cn[nH]n1)c1cccc(N2CCCNC2=O)c1. The maximum Gasteiger partial charge on any atom is 0.321 e. The van der Waals surface area contributed by atoms with Gasteiger partial charge in [-0.2, -0.15) is 15.4 Å². The van der Waals surface area contributed by atoms with Crippen molar-refractivity contribution in [1.29, 1.82) is 0 Å². The highest BCUT2D eigenvalue weighted by Crippen LogP contribution is 2.18. The highest BCUT2D eigenvalue weighted by atomic mass is 16.2. The number of anilines is 1. The summed E-state index contributed by atoms with van der Waals surface area (Å²) in [6.45, 7) is 1.63. The van der Waals surface area contributed by atoms with Crippen molar-refractivity contribution in [2.45, 2.75) is 13.0 Å². The molecule has 1 aromatic carbocycles. The molecule has 2 heterocycles. The number of urea groups is 1. The normalized spacial score (nSPS) is 14.5. The van der Waals surface area contributed by atoms with E-state index in [0.717, 1.165) is 6.42 Å². The lowest BCUT2D eigenvalue weighted by atomic mass is 10.1. The molecule has 1 fully saturated rings. The van der Waals surface area contributed by atoms with Crippen molar-refractivity contribution in [3.63, 3.8) is 0 Å². The van der Waals surface area contributed by atoms with Crippen molar-refractivity contribution in [2.75, 3.05) is 18.0 Å². The van der Waals surface area contributed by atoms with Crippen molar-refractivity contribution >= 4 is 17.6 Å². The number of hydrogen-bond donors (Lipinski definition) is 3. The second-order valence-corrected chi connectivity index (χ2v) is 4.93. The quantitative estimate of drug-likeness (QED) is 0.771. The Kier molecular flexibility index (Phi) is 3.99. The van der Waals surface area contributed by atoms with Crippen LogP contribution in [0.2, 0.25) is 0 Å². The number of hydrogen-bond acceptors (Lipinski definition) is 4. The van der Waals surface area contributed by atoms with E-state index >= 15 is 0 Å². The van der Waals surface area contributed by atoms with Crippen LogP contribution < -0.4 is 15.5 Å². The zero-order valence-electron chi connectivity index (χ0n) is 11.9. The second kappa shape index (κ2) is 6.25. The summed E-state index contributed by atoms with van der Waals surface area (Å²) >= 11 is 0. The van der Waals surface area contributed by atoms with Gasteiger partial charge in [0.05, 0.1) is 12.7 Å². The van der Waals surface area contributed by atoms with Gasteiger partial charge in [0.2, 0.25) is 0 Å². The number of aromatic nitrogens is 3. The lowest BCUT2D eigenvalue weighted by Gasteiger charge is -2.27. The molecular weight excluding hydrogens is 284 g/mol. The van der Waals surface area contributed by atoms with Crippen molar-refractivity contribution in [1.82, 2.24) is 26.0 Å². The summed E-state index contributed by atoms with van der Waals surface area (Å²) in [6.07, 6.45) is 2.43. The molecule has 1 saturated heterocycles. The average Bonchev–Trinajstić information content (AvgIpc) is 3.06. The summed E-state index contributed by atoms with van der Waals surface area (Å²) in [5, 5.41) is 15.6. The molecule has 3 rings (SSSR count). The number of carbonyl (C=O) groups excluding carboxylic acids is 2. The van der Waals surface area contributed by atoms with Crippen molar-refractivity contribution in [2.24, 2.45) is 0 Å². The number of nitrogens with one attached hydrogen (secondary N) is 3. The standard InChI is InChI=1S/C14H16N6O2/c21-13(16-8-11-9-17-19-18-11)10-3-1-4-12(7-10)20-6-2-5-15-14(20)22/h1,3-4,7,9H,2,5-6,8H2,(H,15,22)(H,16,21)(H,17,18,19). The van der Waals surface area contributed by atoms with Gasteiger partial charge in [0.15, 0.2) is 0 Å². The highest BCUT2D eigenvalue weighted by molar-refractivity contribution is 5.97. The van der Waals surface area contributed by atoms with Gasteiger partial charge in [0.25, 0.3) is 5.91 Å². The van der Waals surface area contributed by atoms with Gasteiger partial charge < -0.3 is 10.6 Å². The molecule has 1 aliphatic heterocycles. The fourth-order valence-electron chi connectivity index (χ4n) is 2.27. The Morgan fingerprint density at radius 3 is 3.09 bits per heavy atom. The first-order valence-corrected chi connectivity index (χ1v) is 7.02. The summed E-state index contributed by atoms with van der Waals surface area (Å²) in [5.74, 6) is -0.220. The Balaban J connectivity index is 1.70. The maximum absolute atomic E-state index is 12.2. The predicted octanol–water partition coefficient (Wildman–Crippen LogP) is 0.654. The molecule has 0 bridgehead atoms. The fraction of sp³-hybridized carbons (Fsp3) is 0.286. The van der Waals surface area contributed by atoms with Crippen LogP contribution in [0, 0.1) is 0 Å². The summed E-state index contributed by atoms with van der Waals surface area (Å²) in [4.78, 5) is 25.7. The van der Waals surface area contributed by atoms with E-state index in [1.165, 1.54) is 0 Å². The zero-order valence-corrected chi connectivity index (χ0v) is 11.9. The van der Waals surface area contributed by atoms with E-state index in [-0.39, 0.29) is 11.9 Å². The van der Waals surface area contributed by atoms with Crippen molar-refractivity contribution < 1.29 is 9.59 Å². The van der Waals surface area contributed by atoms with Crippen LogP contribution >= 0.6 is 0 Å². The minimum atomic E-state index is -0.220. The summed E-state index contributed by atoms with van der Waals surface area (Å²) in [5.41, 5.74) is 1.87. The van der Waals surface area contributed by atoms with Gasteiger partial charge in [-0.1, -0.05) is 6.07 Å². The fourth-order valence-corrected chi connectivity index (χ4v) is 2.27. The molecule has 0 unspecified atom stereocenters. The molecule has 1 aliphatic rings. The molecule has 0 atom stereocenters. The monoisotopic (exact) mass is 300 g/mol. The first-order chi connectivity index (χ1) is 10.7. The predicted molar refractivity (Wildman–Crippen MR) is 79.4 cm³/mol. The molecular formula is C14H16N6O2. The number of H-pyrrole nitrogens is 1. The lowest BCUT2D eigenvalue weighted by molar-refractivity contribution is 0.0950. The van der Waals surface area contributed by atoms with Crippen LogP contribution in [0.15, 0.2) is 30.5 Å². The van der Waals surface area contributed by atoms with Crippen molar-refractivity contribution in [3.05, 3.63) is 41.7 Å². The van der Waals surface area contributed by atoms with E-state index in [0.29, 0.717) is 36.6 Å². The van der Waals surface area contributed by atoms with Gasteiger partial charge in [-0.15, -0.1) is 0 Å². The second-order valence-electron chi connectivity index (χ2n) is 4.93. The third-order valence-electron chi connectivity index (χ3n) is 3.39. The summed E-state index contributed by atoms with van der Waals surface area (Å²) < 4.78 is 0. The molecule has 0 radical (unpaired) electrons. The van der Waals surface area contributed by atoms with Gasteiger partial charge in [-0.3, -0.25) is 9.69 Å². The first kappa shape index (κ1) is 14.1. The topological polar surface area (TPSA) is 103 Å². The van der Waals surface area contributed by atoms with Gasteiger partial charge in [-0.25, -0.2) is 4.79 Å². The lowest BCUT2D eigenvalue weighted by Crippen LogP contribution is -2.46. The van der Waals surface area contributed by atoms with Crippen LogP contribution in [-0.2, 0) is 6.54 Å². The van der Waals surface area contributed by atoms with Crippen LogP contribution in [0.1, 0.15) is 22.5 Å². The van der Waals surface area contributed by atoms with E-state index in [1.807, 2.05) is 6.07 Å². The molecule has 0 spiro atoms. The van der Waals surface area contributed by atoms with E-state index in [4.69, 9.17) is 0 Å². The minimum Gasteiger partial charge on any atom is -0.346 e. The molecule has 0 saturated carbocycles. The van der Waals surface area contributed by atoms with E-state index < -0.39 is 0 Å². The third-order valence-corrected chi connectivity index (χ3v) is 3.39. The number of aromatic amines is 1. The molecule has 3 amide bonds. The molecule has 8 nitrogen and oxygen atoms in total. The molecule has 2 aromatic rings. The van der Waals surface area contributed by atoms with E-state index in [1.54, 1.807) is 29.3 Å². The van der Waals surface area contributed by atoms with Crippen LogP contribution in [-0.4, -0.2) is 40.4 Å². The van der Waals surface area contributed by atoms with Crippen LogP contribution in [0.25, 0.3) is 0 Å². The van der Waals surface area contributed by atoms with Gasteiger partial charge in [-0.05, 0) is 24.6 Å². The average molecular weight is 300 g/mol.